The number of H-pyrrole nitrogens is 2. The normalized spacial score (nSPS) is 17.2. The number of nitrogens with zero attached hydrogens (tertiary/aromatic N) is 3. The molecular formula is C25H30N6O. The number of aromatic amines is 2. The molecule has 3 N–H and O–H groups in total. The molecular weight excluding hydrogens is 400 g/mol. The number of benzene rings is 1. The second-order valence-electron chi connectivity index (χ2n) is 8.70. The number of aromatic nitrogens is 2. The minimum Gasteiger partial charge on any atom is -0.379 e. The molecule has 32 heavy (non-hydrogen) atoms. The maximum atomic E-state index is 11.6. The topological polar surface area (TPSA) is 70.4 Å². The van der Waals surface area contributed by atoms with Crippen molar-refractivity contribution in [2.75, 3.05) is 38.1 Å². The first-order valence-corrected chi connectivity index (χ1v) is 11.2. The number of fused-ring (bicyclic) bond motifs is 1. The molecule has 2 aliphatic heterocycles. The molecule has 1 aromatic carbocycles. The van der Waals surface area contributed by atoms with Gasteiger partial charge in [-0.25, -0.2) is 0 Å². The van der Waals surface area contributed by atoms with Gasteiger partial charge in [0.05, 0.1) is 12.2 Å². The molecule has 7 heteroatoms. The van der Waals surface area contributed by atoms with Crippen LogP contribution in [0.1, 0.15) is 22.4 Å². The molecule has 0 spiro atoms. The lowest BCUT2D eigenvalue weighted by Gasteiger charge is -2.32. The van der Waals surface area contributed by atoms with E-state index in [-0.39, 0.29) is 5.56 Å². The molecule has 0 amide bonds. The molecule has 3 aromatic rings. The summed E-state index contributed by atoms with van der Waals surface area (Å²) in [7, 11) is 2.19. The van der Waals surface area contributed by atoms with Crippen LogP contribution in [0, 0.1) is 0 Å². The van der Waals surface area contributed by atoms with Gasteiger partial charge in [-0.3, -0.25) is 9.69 Å². The number of hydrogen-bond acceptors (Lipinski definition) is 5. The average molecular weight is 431 g/mol. The summed E-state index contributed by atoms with van der Waals surface area (Å²) in [4.78, 5) is 24.8. The summed E-state index contributed by atoms with van der Waals surface area (Å²) in [6, 6.07) is 14.6. The Labute approximate surface area is 188 Å². The Balaban J connectivity index is 1.29. The Bertz CT molecular complexity index is 1140. The van der Waals surface area contributed by atoms with Gasteiger partial charge in [-0.05, 0) is 42.4 Å². The zero-order valence-electron chi connectivity index (χ0n) is 18.5. The third-order valence-corrected chi connectivity index (χ3v) is 6.33. The second kappa shape index (κ2) is 9.06. The van der Waals surface area contributed by atoms with Crippen LogP contribution >= 0.6 is 0 Å². The lowest BCUT2D eigenvalue weighted by atomic mass is 10.1. The van der Waals surface area contributed by atoms with Gasteiger partial charge < -0.3 is 25.1 Å². The van der Waals surface area contributed by atoms with Gasteiger partial charge >= 0.3 is 0 Å². The van der Waals surface area contributed by atoms with Gasteiger partial charge in [0.1, 0.15) is 0 Å². The third-order valence-electron chi connectivity index (χ3n) is 6.33. The minimum absolute atomic E-state index is 0.0810. The van der Waals surface area contributed by atoms with Gasteiger partial charge in [-0.15, -0.1) is 0 Å². The summed E-state index contributed by atoms with van der Waals surface area (Å²) in [5.41, 5.74) is 6.81. The van der Waals surface area contributed by atoms with Crippen molar-refractivity contribution < 1.29 is 0 Å². The predicted octanol–water partition coefficient (Wildman–Crippen LogP) is 2.56. The van der Waals surface area contributed by atoms with Crippen molar-refractivity contribution in [3.05, 3.63) is 93.8 Å². The number of likely N-dealkylation sites (N-methyl/N-ethyl adjacent to an activating group) is 1. The number of piperazine rings is 1. The van der Waals surface area contributed by atoms with Crippen LogP contribution in [-0.4, -0.2) is 53.0 Å². The summed E-state index contributed by atoms with van der Waals surface area (Å²) in [6.45, 7) is 6.95. The third kappa shape index (κ3) is 4.64. The van der Waals surface area contributed by atoms with Crippen molar-refractivity contribution >= 4 is 11.4 Å². The van der Waals surface area contributed by atoms with Crippen molar-refractivity contribution in [1.82, 2.24) is 25.1 Å². The second-order valence-corrected chi connectivity index (χ2v) is 8.70. The highest BCUT2D eigenvalue weighted by molar-refractivity contribution is 5.72. The fourth-order valence-corrected chi connectivity index (χ4v) is 4.39. The van der Waals surface area contributed by atoms with Crippen LogP contribution in [0.3, 0.4) is 0 Å². The molecule has 7 nitrogen and oxygen atoms in total. The summed E-state index contributed by atoms with van der Waals surface area (Å²) in [5.74, 6) is 0. The number of rotatable bonds is 6. The molecule has 166 valence electrons. The van der Waals surface area contributed by atoms with Crippen LogP contribution in [0.25, 0.3) is 5.70 Å². The minimum atomic E-state index is -0.0810. The number of pyridine rings is 1. The number of nitrogens with one attached hydrogen (secondary N) is 3. The van der Waals surface area contributed by atoms with Crippen LogP contribution < -0.4 is 15.8 Å². The van der Waals surface area contributed by atoms with E-state index >= 15 is 0 Å². The SMILES string of the molecule is CN1CCN(Cc2ccc(N3C=C(NCc4cc[nH]c(=O)c4)c4cc[nH]c4C3)cc2)CC1. The maximum absolute atomic E-state index is 11.6. The molecule has 0 unspecified atom stereocenters. The van der Waals surface area contributed by atoms with Crippen LogP contribution in [0.15, 0.2) is 65.9 Å². The summed E-state index contributed by atoms with van der Waals surface area (Å²) in [6.07, 6.45) is 5.83. The molecule has 1 fully saturated rings. The van der Waals surface area contributed by atoms with Gasteiger partial charge in [-0.1, -0.05) is 12.1 Å². The molecule has 4 heterocycles. The zero-order chi connectivity index (χ0) is 21.9. The lowest BCUT2D eigenvalue weighted by Crippen LogP contribution is -2.43. The highest BCUT2D eigenvalue weighted by Gasteiger charge is 2.20. The van der Waals surface area contributed by atoms with Crippen molar-refractivity contribution in [1.29, 1.82) is 0 Å². The Morgan fingerprint density at radius 3 is 2.50 bits per heavy atom. The van der Waals surface area contributed by atoms with Gasteiger partial charge in [-0.2, -0.15) is 0 Å². The van der Waals surface area contributed by atoms with Gasteiger partial charge in [0, 0.05) is 80.9 Å². The van der Waals surface area contributed by atoms with E-state index in [9.17, 15) is 4.79 Å². The smallest absolute Gasteiger partial charge is 0.248 e. The fourth-order valence-electron chi connectivity index (χ4n) is 4.39. The Hall–Kier alpha value is -3.29. The van der Waals surface area contributed by atoms with E-state index in [1.54, 1.807) is 12.3 Å². The first-order valence-electron chi connectivity index (χ1n) is 11.2. The molecule has 0 bridgehead atoms. The molecule has 0 aliphatic carbocycles. The molecule has 5 rings (SSSR count). The van der Waals surface area contributed by atoms with E-state index in [1.807, 2.05) is 12.3 Å². The molecule has 1 saturated heterocycles. The van der Waals surface area contributed by atoms with Crippen molar-refractivity contribution in [3.63, 3.8) is 0 Å². The lowest BCUT2D eigenvalue weighted by molar-refractivity contribution is 0.148. The first-order chi connectivity index (χ1) is 15.6. The summed E-state index contributed by atoms with van der Waals surface area (Å²) >= 11 is 0. The van der Waals surface area contributed by atoms with Crippen LogP contribution in [0.2, 0.25) is 0 Å². The Kier molecular flexibility index (Phi) is 5.83. The zero-order valence-corrected chi connectivity index (χ0v) is 18.5. The van der Waals surface area contributed by atoms with Crippen molar-refractivity contribution in [3.8, 4) is 0 Å². The van der Waals surface area contributed by atoms with Gasteiger partial charge in [0.2, 0.25) is 5.56 Å². The Morgan fingerprint density at radius 1 is 0.938 bits per heavy atom. The van der Waals surface area contributed by atoms with Crippen LogP contribution in [0.5, 0.6) is 0 Å². The summed E-state index contributed by atoms with van der Waals surface area (Å²) in [5, 5.41) is 3.51. The highest BCUT2D eigenvalue weighted by Crippen LogP contribution is 2.29. The van der Waals surface area contributed by atoms with E-state index in [0.717, 1.165) is 50.5 Å². The molecule has 0 saturated carbocycles. The van der Waals surface area contributed by atoms with E-state index in [1.165, 1.54) is 22.5 Å². The molecule has 2 aromatic heterocycles. The van der Waals surface area contributed by atoms with Crippen molar-refractivity contribution in [2.45, 2.75) is 19.6 Å². The largest absolute Gasteiger partial charge is 0.379 e. The van der Waals surface area contributed by atoms with Gasteiger partial charge in [0.15, 0.2) is 0 Å². The van der Waals surface area contributed by atoms with E-state index in [4.69, 9.17) is 0 Å². The standard InChI is InChI=1S/C25H30N6O/c1-29-10-12-30(13-11-29)16-19-2-4-21(5-3-19)31-17-23-22(7-9-26-23)24(18-31)28-15-20-6-8-27-25(32)14-20/h2-9,14,18,26,28H,10-13,15-17H2,1H3,(H,27,32). The number of hydrogen-bond donors (Lipinski definition) is 3. The maximum Gasteiger partial charge on any atom is 0.248 e. The van der Waals surface area contributed by atoms with E-state index < -0.39 is 0 Å². The average Bonchev–Trinajstić information content (AvgIpc) is 3.28. The molecule has 0 radical (unpaired) electrons. The van der Waals surface area contributed by atoms with Crippen LogP contribution in [-0.2, 0) is 19.6 Å². The molecule has 0 atom stereocenters. The molecule has 2 aliphatic rings. The highest BCUT2D eigenvalue weighted by atomic mass is 16.1. The number of anilines is 1. The van der Waals surface area contributed by atoms with Crippen molar-refractivity contribution in [2.24, 2.45) is 0 Å². The van der Waals surface area contributed by atoms with E-state index in [0.29, 0.717) is 6.54 Å². The first kappa shape index (κ1) is 20.6. The Morgan fingerprint density at radius 2 is 1.72 bits per heavy atom. The quantitative estimate of drug-likeness (QED) is 0.561. The van der Waals surface area contributed by atoms with Gasteiger partial charge in [0.25, 0.3) is 0 Å². The monoisotopic (exact) mass is 430 g/mol. The van der Waals surface area contributed by atoms with E-state index in [2.05, 4.69) is 73.6 Å². The predicted molar refractivity (Wildman–Crippen MR) is 128 cm³/mol. The fraction of sp³-hybridized carbons (Fsp3) is 0.320. The van der Waals surface area contributed by atoms with Crippen LogP contribution in [0.4, 0.5) is 5.69 Å². The summed E-state index contributed by atoms with van der Waals surface area (Å²) < 4.78 is 0.